The van der Waals surface area contributed by atoms with E-state index in [4.69, 9.17) is 5.11 Å². The zero-order chi connectivity index (χ0) is 15.3. The van der Waals surface area contributed by atoms with Crippen molar-refractivity contribution >= 4 is 17.6 Å². The van der Waals surface area contributed by atoms with E-state index in [0.29, 0.717) is 12.2 Å². The molecule has 0 saturated heterocycles. The molecule has 0 spiro atoms. The van der Waals surface area contributed by atoms with Gasteiger partial charge in [-0.05, 0) is 36.6 Å². The largest absolute Gasteiger partial charge is 0.481 e. The third kappa shape index (κ3) is 4.64. The minimum Gasteiger partial charge on any atom is -0.481 e. The number of aliphatic carboxylic acids is 1. The van der Waals surface area contributed by atoms with Gasteiger partial charge in [0, 0.05) is 18.7 Å². The molecule has 110 valence electrons. The summed E-state index contributed by atoms with van der Waals surface area (Å²) >= 11 is 0. The number of amides is 1. The van der Waals surface area contributed by atoms with E-state index in [1.165, 1.54) is 17.0 Å². The molecule has 0 radical (unpaired) electrons. The zero-order valence-electron chi connectivity index (χ0n) is 12.0. The Morgan fingerprint density at radius 1 is 1.20 bits per heavy atom. The van der Waals surface area contributed by atoms with Crippen molar-refractivity contribution in [1.82, 2.24) is 0 Å². The topological polar surface area (TPSA) is 57.6 Å². The second-order valence-corrected chi connectivity index (χ2v) is 5.53. The van der Waals surface area contributed by atoms with Gasteiger partial charge in [-0.15, -0.1) is 0 Å². The Kier molecular flexibility index (Phi) is 5.25. The number of hydrogen-bond donors (Lipinski definition) is 1. The van der Waals surface area contributed by atoms with E-state index in [0.717, 1.165) is 0 Å². The molecule has 1 rings (SSSR count). The van der Waals surface area contributed by atoms with Gasteiger partial charge in [-0.1, -0.05) is 13.8 Å². The zero-order valence-corrected chi connectivity index (χ0v) is 12.0. The molecule has 20 heavy (non-hydrogen) atoms. The van der Waals surface area contributed by atoms with Gasteiger partial charge in [0.2, 0.25) is 5.91 Å². The molecule has 0 saturated carbocycles. The minimum atomic E-state index is -0.923. The first-order chi connectivity index (χ1) is 9.25. The van der Waals surface area contributed by atoms with Crippen molar-refractivity contribution in [1.29, 1.82) is 0 Å². The quantitative estimate of drug-likeness (QED) is 0.871. The lowest BCUT2D eigenvalue weighted by Gasteiger charge is -2.27. The molecular weight excluding hydrogens is 261 g/mol. The van der Waals surface area contributed by atoms with E-state index in [9.17, 15) is 14.0 Å². The Bertz CT molecular complexity index is 482. The number of halogens is 1. The van der Waals surface area contributed by atoms with Gasteiger partial charge in [0.05, 0.1) is 6.42 Å². The molecule has 1 aromatic carbocycles. The van der Waals surface area contributed by atoms with Crippen LogP contribution >= 0.6 is 0 Å². The summed E-state index contributed by atoms with van der Waals surface area (Å²) in [6, 6.07) is 5.68. The van der Waals surface area contributed by atoms with Crippen molar-refractivity contribution in [3.8, 4) is 0 Å². The highest BCUT2D eigenvalue weighted by atomic mass is 19.1. The van der Waals surface area contributed by atoms with Crippen LogP contribution in [-0.4, -0.2) is 23.5 Å². The highest BCUT2D eigenvalue weighted by Crippen LogP contribution is 2.27. The first-order valence-electron chi connectivity index (χ1n) is 6.53. The molecule has 0 aromatic heterocycles. The molecule has 0 atom stereocenters. The Hall–Kier alpha value is -1.91. The third-order valence-electron chi connectivity index (χ3n) is 3.02. The van der Waals surface area contributed by atoms with Gasteiger partial charge >= 0.3 is 5.97 Å². The van der Waals surface area contributed by atoms with Crippen LogP contribution in [0, 0.1) is 11.2 Å². The van der Waals surface area contributed by atoms with Gasteiger partial charge in [0.1, 0.15) is 5.82 Å². The number of hydrogen-bond acceptors (Lipinski definition) is 2. The normalized spacial score (nSPS) is 11.2. The van der Waals surface area contributed by atoms with Crippen molar-refractivity contribution in [2.75, 3.05) is 11.4 Å². The van der Waals surface area contributed by atoms with Crippen LogP contribution in [0.3, 0.4) is 0 Å². The first kappa shape index (κ1) is 16.1. The minimum absolute atomic E-state index is 0.0697. The molecule has 0 aliphatic carbocycles. The Morgan fingerprint density at radius 3 is 2.20 bits per heavy atom. The lowest BCUT2D eigenvalue weighted by atomic mass is 9.85. The standard InChI is InChI=1S/C15H20FNO3/c1-4-17(12-7-5-11(16)6-8-12)13(18)9-15(2,3)10-14(19)20/h5-8H,4,9-10H2,1-3H3,(H,19,20). The van der Waals surface area contributed by atoms with Gasteiger partial charge < -0.3 is 10.0 Å². The summed E-state index contributed by atoms with van der Waals surface area (Å²) in [6.07, 6.45) is 0.0598. The number of rotatable bonds is 6. The summed E-state index contributed by atoms with van der Waals surface area (Å²) in [5.41, 5.74) is 0.00105. The maximum Gasteiger partial charge on any atom is 0.303 e. The summed E-state index contributed by atoms with van der Waals surface area (Å²) in [5, 5.41) is 8.84. The predicted molar refractivity (Wildman–Crippen MR) is 75.1 cm³/mol. The van der Waals surface area contributed by atoms with Gasteiger partial charge in [0.25, 0.3) is 0 Å². The van der Waals surface area contributed by atoms with Crippen LogP contribution in [0.15, 0.2) is 24.3 Å². The number of carbonyl (C=O) groups excluding carboxylic acids is 1. The van der Waals surface area contributed by atoms with Crippen LogP contribution in [0.5, 0.6) is 0 Å². The van der Waals surface area contributed by atoms with Crippen molar-refractivity contribution in [3.63, 3.8) is 0 Å². The van der Waals surface area contributed by atoms with E-state index < -0.39 is 11.4 Å². The number of benzene rings is 1. The smallest absolute Gasteiger partial charge is 0.303 e. The van der Waals surface area contributed by atoms with Gasteiger partial charge in [0.15, 0.2) is 0 Å². The maximum absolute atomic E-state index is 12.9. The SMILES string of the molecule is CCN(C(=O)CC(C)(C)CC(=O)O)c1ccc(F)cc1. The van der Waals surface area contributed by atoms with Crippen LogP contribution in [-0.2, 0) is 9.59 Å². The Morgan fingerprint density at radius 2 is 1.75 bits per heavy atom. The maximum atomic E-state index is 12.9. The van der Waals surface area contributed by atoms with Crippen LogP contribution in [0.25, 0.3) is 0 Å². The van der Waals surface area contributed by atoms with Crippen molar-refractivity contribution in [3.05, 3.63) is 30.1 Å². The van der Waals surface area contributed by atoms with Crippen molar-refractivity contribution in [2.45, 2.75) is 33.6 Å². The number of nitrogens with zero attached hydrogens (tertiary/aromatic N) is 1. The number of anilines is 1. The number of carboxylic acids is 1. The van der Waals surface area contributed by atoms with E-state index in [-0.39, 0.29) is 24.6 Å². The summed E-state index contributed by atoms with van der Waals surface area (Å²) in [5.74, 6) is -1.44. The lowest BCUT2D eigenvalue weighted by Crippen LogP contribution is -2.34. The molecule has 1 aromatic rings. The molecule has 0 unspecified atom stereocenters. The average Bonchev–Trinajstić information content (AvgIpc) is 2.29. The summed E-state index contributed by atoms with van der Waals surface area (Å²) < 4.78 is 12.9. The van der Waals surface area contributed by atoms with Crippen molar-refractivity contribution < 1.29 is 19.1 Å². The third-order valence-corrected chi connectivity index (χ3v) is 3.02. The molecule has 0 bridgehead atoms. The summed E-state index contributed by atoms with van der Waals surface area (Å²) in [4.78, 5) is 24.6. The monoisotopic (exact) mass is 281 g/mol. The van der Waals surface area contributed by atoms with Gasteiger partial charge in [-0.3, -0.25) is 9.59 Å². The number of carbonyl (C=O) groups is 2. The van der Waals surface area contributed by atoms with Crippen molar-refractivity contribution in [2.24, 2.45) is 5.41 Å². The van der Waals surface area contributed by atoms with Gasteiger partial charge in [-0.2, -0.15) is 0 Å². The molecule has 0 aliphatic heterocycles. The van der Waals surface area contributed by atoms with Crippen LogP contribution in [0.4, 0.5) is 10.1 Å². The van der Waals surface area contributed by atoms with E-state index >= 15 is 0 Å². The fourth-order valence-corrected chi connectivity index (χ4v) is 2.10. The molecule has 0 fully saturated rings. The van der Waals surface area contributed by atoms with Gasteiger partial charge in [-0.25, -0.2) is 4.39 Å². The van der Waals surface area contributed by atoms with E-state index in [1.54, 1.807) is 26.0 Å². The number of carboxylic acid groups (broad SMARTS) is 1. The summed E-state index contributed by atoms with van der Waals surface area (Å²) in [7, 11) is 0. The molecular formula is C15H20FNO3. The van der Waals surface area contributed by atoms with Crippen LogP contribution in [0.2, 0.25) is 0 Å². The molecule has 4 nitrogen and oxygen atoms in total. The Labute approximate surface area is 118 Å². The average molecular weight is 281 g/mol. The highest BCUT2D eigenvalue weighted by molar-refractivity contribution is 5.93. The molecule has 0 aliphatic rings. The van der Waals surface area contributed by atoms with Crippen LogP contribution < -0.4 is 4.90 Å². The molecule has 5 heteroatoms. The lowest BCUT2D eigenvalue weighted by molar-refractivity contribution is -0.139. The van der Waals surface area contributed by atoms with E-state index in [2.05, 4.69) is 0 Å². The fraction of sp³-hybridized carbons (Fsp3) is 0.467. The first-order valence-corrected chi connectivity index (χ1v) is 6.53. The Balaban J connectivity index is 2.82. The van der Waals surface area contributed by atoms with E-state index in [1.807, 2.05) is 6.92 Å². The second-order valence-electron chi connectivity index (χ2n) is 5.53. The molecule has 1 amide bonds. The highest BCUT2D eigenvalue weighted by Gasteiger charge is 2.27. The molecule has 0 heterocycles. The summed E-state index contributed by atoms with van der Waals surface area (Å²) in [6.45, 7) is 5.77. The second kappa shape index (κ2) is 6.50. The van der Waals surface area contributed by atoms with Crippen LogP contribution in [0.1, 0.15) is 33.6 Å². The molecule has 1 N–H and O–H groups in total. The predicted octanol–water partition coefficient (Wildman–Crippen LogP) is 3.07. The fourth-order valence-electron chi connectivity index (χ4n) is 2.10.